The molecule has 1 saturated carbocycles. The number of aromatic carboxylic acids is 1. The molecule has 3 rings (SSSR count). The first-order valence-corrected chi connectivity index (χ1v) is 8.93. The molecular formula is C16H24N2O3S. The Morgan fingerprint density at radius 1 is 1.27 bits per heavy atom. The zero-order valence-electron chi connectivity index (χ0n) is 13.0. The minimum atomic E-state index is -0.892. The summed E-state index contributed by atoms with van der Waals surface area (Å²) in [5.41, 5.74) is 0. The summed E-state index contributed by atoms with van der Waals surface area (Å²) in [7, 11) is 2.16. The average Bonchev–Trinajstić information content (AvgIpc) is 2.97. The Labute approximate surface area is 135 Å². The third-order valence-electron chi connectivity index (χ3n) is 4.78. The summed E-state index contributed by atoms with van der Waals surface area (Å²) >= 11 is 1.24. The lowest BCUT2D eigenvalue weighted by atomic mass is 9.90. The number of ether oxygens (including phenoxy) is 1. The van der Waals surface area contributed by atoms with Gasteiger partial charge in [0.25, 0.3) is 0 Å². The molecule has 2 unspecified atom stereocenters. The van der Waals surface area contributed by atoms with Gasteiger partial charge in [-0.25, -0.2) is 4.79 Å². The lowest BCUT2D eigenvalue weighted by Gasteiger charge is -2.43. The van der Waals surface area contributed by atoms with E-state index in [9.17, 15) is 9.90 Å². The van der Waals surface area contributed by atoms with E-state index in [1.165, 1.54) is 24.2 Å². The fourth-order valence-corrected chi connectivity index (χ4v) is 4.16. The Balaban J connectivity index is 1.70. The molecule has 2 fully saturated rings. The van der Waals surface area contributed by atoms with Gasteiger partial charge in [0, 0.05) is 32.2 Å². The van der Waals surface area contributed by atoms with E-state index >= 15 is 0 Å². The van der Waals surface area contributed by atoms with Gasteiger partial charge in [-0.1, -0.05) is 6.42 Å². The highest BCUT2D eigenvalue weighted by Crippen LogP contribution is 2.31. The SMILES string of the molecule is CN1CCN(C2CCCCC2Oc2ccsc2C(=O)O)CC1. The third kappa shape index (κ3) is 3.45. The fourth-order valence-electron chi connectivity index (χ4n) is 3.50. The van der Waals surface area contributed by atoms with E-state index in [4.69, 9.17) is 4.74 Å². The normalized spacial score (nSPS) is 27.7. The Morgan fingerprint density at radius 3 is 2.73 bits per heavy atom. The predicted octanol–water partition coefficient (Wildman–Crippen LogP) is 2.38. The van der Waals surface area contributed by atoms with Crippen LogP contribution in [0.4, 0.5) is 0 Å². The van der Waals surface area contributed by atoms with Crippen molar-refractivity contribution in [3.05, 3.63) is 16.3 Å². The van der Waals surface area contributed by atoms with Crippen LogP contribution in [0.15, 0.2) is 11.4 Å². The standard InChI is InChI=1S/C16H24N2O3S/c1-17-7-9-18(10-8-17)12-4-2-3-5-13(12)21-14-6-11-22-15(14)16(19)20/h6,11-13H,2-5,7-10H2,1H3,(H,19,20). The maximum absolute atomic E-state index is 11.3. The number of hydrogen-bond donors (Lipinski definition) is 1. The number of rotatable bonds is 4. The zero-order chi connectivity index (χ0) is 15.5. The maximum Gasteiger partial charge on any atom is 0.349 e. The number of piperazine rings is 1. The van der Waals surface area contributed by atoms with E-state index in [-0.39, 0.29) is 6.10 Å². The first kappa shape index (κ1) is 15.8. The van der Waals surface area contributed by atoms with Crippen molar-refractivity contribution in [2.45, 2.75) is 37.8 Å². The summed E-state index contributed by atoms with van der Waals surface area (Å²) in [5, 5.41) is 11.0. The van der Waals surface area contributed by atoms with Gasteiger partial charge in [-0.05, 0) is 37.8 Å². The number of hydrogen-bond acceptors (Lipinski definition) is 5. The van der Waals surface area contributed by atoms with Gasteiger partial charge in [-0.2, -0.15) is 0 Å². The van der Waals surface area contributed by atoms with Crippen LogP contribution in [0.5, 0.6) is 5.75 Å². The quantitative estimate of drug-likeness (QED) is 0.921. The zero-order valence-corrected chi connectivity index (χ0v) is 13.8. The summed E-state index contributed by atoms with van der Waals surface area (Å²) in [6.07, 6.45) is 4.70. The van der Waals surface area contributed by atoms with Crippen molar-refractivity contribution < 1.29 is 14.6 Å². The van der Waals surface area contributed by atoms with Crippen molar-refractivity contribution >= 4 is 17.3 Å². The van der Waals surface area contributed by atoms with Crippen molar-refractivity contribution in [1.29, 1.82) is 0 Å². The molecule has 1 aromatic heterocycles. The Kier molecular flexibility index (Phi) is 5.00. The van der Waals surface area contributed by atoms with E-state index in [0.717, 1.165) is 39.0 Å². The first-order chi connectivity index (χ1) is 10.6. The Bertz CT molecular complexity index is 511. The minimum absolute atomic E-state index is 0.116. The monoisotopic (exact) mass is 324 g/mol. The molecule has 122 valence electrons. The number of carboxylic acids is 1. The molecule has 6 heteroatoms. The first-order valence-electron chi connectivity index (χ1n) is 8.05. The van der Waals surface area contributed by atoms with Crippen LogP contribution < -0.4 is 4.74 Å². The van der Waals surface area contributed by atoms with Crippen molar-refractivity contribution in [3.8, 4) is 5.75 Å². The minimum Gasteiger partial charge on any atom is -0.487 e. The number of thiophene rings is 1. The van der Waals surface area contributed by atoms with Crippen molar-refractivity contribution in [3.63, 3.8) is 0 Å². The molecular weight excluding hydrogens is 300 g/mol. The number of carbonyl (C=O) groups is 1. The second kappa shape index (κ2) is 6.98. The molecule has 2 atom stereocenters. The van der Waals surface area contributed by atoms with Crippen molar-refractivity contribution in [2.24, 2.45) is 0 Å². The molecule has 1 aliphatic carbocycles. The molecule has 2 heterocycles. The summed E-state index contributed by atoms with van der Waals surface area (Å²) in [4.78, 5) is 16.5. The summed E-state index contributed by atoms with van der Waals surface area (Å²) in [6, 6.07) is 2.22. The van der Waals surface area contributed by atoms with Crippen LogP contribution in [-0.4, -0.2) is 66.2 Å². The van der Waals surface area contributed by atoms with Crippen LogP contribution in [0.3, 0.4) is 0 Å². The Morgan fingerprint density at radius 2 is 2.00 bits per heavy atom. The van der Waals surface area contributed by atoms with Crippen LogP contribution in [0, 0.1) is 0 Å². The molecule has 1 aromatic rings. The van der Waals surface area contributed by atoms with Gasteiger partial charge in [0.2, 0.25) is 0 Å². The van der Waals surface area contributed by atoms with E-state index in [2.05, 4.69) is 16.8 Å². The van der Waals surface area contributed by atoms with Gasteiger partial charge in [-0.15, -0.1) is 11.3 Å². The predicted molar refractivity (Wildman–Crippen MR) is 87.0 cm³/mol. The Hall–Kier alpha value is -1.11. The van der Waals surface area contributed by atoms with E-state index in [1.807, 2.05) is 0 Å². The third-order valence-corrected chi connectivity index (χ3v) is 5.66. The topological polar surface area (TPSA) is 53.0 Å². The molecule has 1 N–H and O–H groups in total. The molecule has 2 aliphatic rings. The second-order valence-electron chi connectivity index (χ2n) is 6.27. The smallest absolute Gasteiger partial charge is 0.349 e. The van der Waals surface area contributed by atoms with Gasteiger partial charge in [0.1, 0.15) is 11.9 Å². The van der Waals surface area contributed by atoms with E-state index < -0.39 is 5.97 Å². The molecule has 0 amide bonds. The fraction of sp³-hybridized carbons (Fsp3) is 0.688. The molecule has 1 aliphatic heterocycles. The van der Waals surface area contributed by atoms with Gasteiger partial charge in [0.15, 0.2) is 4.88 Å². The molecule has 5 nitrogen and oxygen atoms in total. The lowest BCUT2D eigenvalue weighted by molar-refractivity contribution is 0.0126. The van der Waals surface area contributed by atoms with Crippen LogP contribution >= 0.6 is 11.3 Å². The summed E-state index contributed by atoms with van der Waals surface area (Å²) in [6.45, 7) is 4.36. The van der Waals surface area contributed by atoms with Crippen LogP contribution in [0.25, 0.3) is 0 Å². The maximum atomic E-state index is 11.3. The summed E-state index contributed by atoms with van der Waals surface area (Å²) in [5.74, 6) is -0.347. The van der Waals surface area contributed by atoms with Crippen LogP contribution in [0.2, 0.25) is 0 Å². The highest BCUT2D eigenvalue weighted by molar-refractivity contribution is 7.12. The highest BCUT2D eigenvalue weighted by atomic mass is 32.1. The number of nitrogens with zero attached hydrogens (tertiary/aromatic N) is 2. The molecule has 1 saturated heterocycles. The molecule has 22 heavy (non-hydrogen) atoms. The average molecular weight is 324 g/mol. The summed E-state index contributed by atoms with van der Waals surface area (Å²) < 4.78 is 6.15. The van der Waals surface area contributed by atoms with Crippen molar-refractivity contribution in [2.75, 3.05) is 33.2 Å². The van der Waals surface area contributed by atoms with Gasteiger partial charge < -0.3 is 14.7 Å². The van der Waals surface area contributed by atoms with Crippen LogP contribution in [0.1, 0.15) is 35.4 Å². The largest absolute Gasteiger partial charge is 0.487 e. The molecule has 0 bridgehead atoms. The van der Waals surface area contributed by atoms with Gasteiger partial charge >= 0.3 is 5.97 Å². The molecule has 0 radical (unpaired) electrons. The highest BCUT2D eigenvalue weighted by Gasteiger charge is 2.33. The lowest BCUT2D eigenvalue weighted by Crippen LogP contribution is -2.54. The number of likely N-dealkylation sites (N-methyl/N-ethyl adjacent to an activating group) is 1. The molecule has 0 spiro atoms. The van der Waals surface area contributed by atoms with E-state index in [0.29, 0.717) is 16.7 Å². The van der Waals surface area contributed by atoms with Crippen LogP contribution in [-0.2, 0) is 0 Å². The van der Waals surface area contributed by atoms with Crippen molar-refractivity contribution in [1.82, 2.24) is 9.80 Å². The molecule has 0 aromatic carbocycles. The van der Waals surface area contributed by atoms with Gasteiger partial charge in [-0.3, -0.25) is 4.90 Å². The second-order valence-corrected chi connectivity index (χ2v) is 7.18. The van der Waals surface area contributed by atoms with Gasteiger partial charge in [0.05, 0.1) is 0 Å². The number of carboxylic acid groups (broad SMARTS) is 1. The van der Waals surface area contributed by atoms with E-state index in [1.54, 1.807) is 11.4 Å².